The van der Waals surface area contributed by atoms with Gasteiger partial charge in [-0.05, 0) is 32.6 Å². The summed E-state index contributed by atoms with van der Waals surface area (Å²) >= 11 is 0. The lowest BCUT2D eigenvalue weighted by atomic mass is 10.3. The Hall–Kier alpha value is -1.43. The van der Waals surface area contributed by atoms with Gasteiger partial charge >= 0.3 is 0 Å². The second kappa shape index (κ2) is 5.28. The van der Waals surface area contributed by atoms with Crippen LogP contribution in [0.4, 0.5) is 0 Å². The van der Waals surface area contributed by atoms with Gasteiger partial charge in [0.05, 0.1) is 11.9 Å². The summed E-state index contributed by atoms with van der Waals surface area (Å²) in [6.07, 6.45) is 6.64. The maximum atomic E-state index is 12.3. The summed E-state index contributed by atoms with van der Waals surface area (Å²) in [5, 5.41) is 11.6. The van der Waals surface area contributed by atoms with Crippen LogP contribution in [-0.2, 0) is 11.3 Å². The highest BCUT2D eigenvalue weighted by molar-refractivity contribution is 5.80. The third kappa shape index (κ3) is 2.94. The molecule has 0 spiro atoms. The predicted octanol–water partition coefficient (Wildman–Crippen LogP) is 0.713. The highest BCUT2D eigenvalue weighted by atomic mass is 16.2. The monoisotopic (exact) mass is 263 g/mol. The zero-order valence-electron chi connectivity index (χ0n) is 11.4. The summed E-state index contributed by atoms with van der Waals surface area (Å²) < 4.78 is 1.69. The molecule has 1 aliphatic carbocycles. The highest BCUT2D eigenvalue weighted by Crippen LogP contribution is 2.19. The van der Waals surface area contributed by atoms with E-state index >= 15 is 0 Å². The normalized spacial score (nSPS) is 20.8. The Balaban J connectivity index is 1.58. The van der Waals surface area contributed by atoms with Crippen molar-refractivity contribution in [3.8, 4) is 0 Å². The third-order valence-corrected chi connectivity index (χ3v) is 3.88. The fraction of sp³-hybridized carbons (Fsp3) is 0.769. The van der Waals surface area contributed by atoms with Gasteiger partial charge in [0.2, 0.25) is 5.91 Å². The van der Waals surface area contributed by atoms with E-state index in [1.54, 1.807) is 4.68 Å². The van der Waals surface area contributed by atoms with Crippen LogP contribution in [-0.4, -0.2) is 44.9 Å². The Bertz CT molecular complexity index is 448. The van der Waals surface area contributed by atoms with Gasteiger partial charge in [0.1, 0.15) is 6.04 Å². The number of hydrogen-bond donors (Lipinski definition) is 1. The lowest BCUT2D eigenvalue weighted by Gasteiger charge is -2.19. The van der Waals surface area contributed by atoms with Crippen molar-refractivity contribution >= 4 is 5.91 Å². The molecule has 2 fully saturated rings. The minimum absolute atomic E-state index is 0.157. The van der Waals surface area contributed by atoms with Gasteiger partial charge in [-0.2, -0.15) is 0 Å². The van der Waals surface area contributed by atoms with Crippen molar-refractivity contribution in [3.63, 3.8) is 0 Å². The average Bonchev–Trinajstić information content (AvgIpc) is 2.94. The van der Waals surface area contributed by atoms with Gasteiger partial charge in [-0.1, -0.05) is 5.21 Å². The van der Waals surface area contributed by atoms with Gasteiger partial charge in [0.15, 0.2) is 0 Å². The molecule has 0 bridgehead atoms. The minimum atomic E-state index is -0.250. The van der Waals surface area contributed by atoms with Gasteiger partial charge in [0, 0.05) is 25.7 Å². The van der Waals surface area contributed by atoms with E-state index in [-0.39, 0.29) is 11.9 Å². The summed E-state index contributed by atoms with van der Waals surface area (Å²) in [6.45, 7) is 4.41. The van der Waals surface area contributed by atoms with E-state index < -0.39 is 0 Å². The molecule has 3 rings (SSSR count). The molecule has 1 aromatic heterocycles. The molecule has 0 radical (unpaired) electrons. The molecule has 19 heavy (non-hydrogen) atoms. The fourth-order valence-corrected chi connectivity index (χ4v) is 2.43. The minimum Gasteiger partial charge on any atom is -0.341 e. The van der Waals surface area contributed by atoms with Crippen molar-refractivity contribution in [3.05, 3.63) is 11.9 Å². The molecule has 6 heteroatoms. The molecule has 1 atom stereocenters. The van der Waals surface area contributed by atoms with Gasteiger partial charge in [0.25, 0.3) is 0 Å². The number of carbonyl (C=O) groups excluding carboxylic acids is 1. The molecule has 2 heterocycles. The van der Waals surface area contributed by atoms with E-state index in [9.17, 15) is 4.79 Å². The Morgan fingerprint density at radius 2 is 2.21 bits per heavy atom. The quantitative estimate of drug-likeness (QED) is 0.850. The summed E-state index contributed by atoms with van der Waals surface area (Å²) in [4.78, 5) is 14.2. The number of carbonyl (C=O) groups is 1. The largest absolute Gasteiger partial charge is 0.341 e. The van der Waals surface area contributed by atoms with E-state index in [0.717, 1.165) is 38.2 Å². The van der Waals surface area contributed by atoms with Crippen molar-refractivity contribution < 1.29 is 4.79 Å². The van der Waals surface area contributed by atoms with Crippen LogP contribution in [0, 0.1) is 0 Å². The number of nitrogens with zero attached hydrogens (tertiary/aromatic N) is 4. The summed E-state index contributed by atoms with van der Waals surface area (Å²) in [5.74, 6) is 0.157. The first kappa shape index (κ1) is 12.6. The molecule has 2 aliphatic rings. The molecular weight excluding hydrogens is 242 g/mol. The first-order valence-corrected chi connectivity index (χ1v) is 7.17. The smallest absolute Gasteiger partial charge is 0.247 e. The second-order valence-electron chi connectivity index (χ2n) is 5.55. The van der Waals surface area contributed by atoms with Crippen LogP contribution in [0.5, 0.6) is 0 Å². The van der Waals surface area contributed by atoms with Gasteiger partial charge < -0.3 is 10.2 Å². The topological polar surface area (TPSA) is 63.1 Å². The van der Waals surface area contributed by atoms with Crippen LogP contribution in [0.2, 0.25) is 0 Å². The second-order valence-corrected chi connectivity index (χ2v) is 5.55. The van der Waals surface area contributed by atoms with Crippen molar-refractivity contribution in [2.24, 2.45) is 0 Å². The number of likely N-dealkylation sites (tertiary alicyclic amines) is 1. The van der Waals surface area contributed by atoms with Crippen molar-refractivity contribution in [2.75, 3.05) is 13.1 Å². The Labute approximate surface area is 113 Å². The fourth-order valence-electron chi connectivity index (χ4n) is 2.43. The first-order chi connectivity index (χ1) is 9.24. The van der Waals surface area contributed by atoms with Gasteiger partial charge in [-0.3, -0.25) is 4.79 Å². The van der Waals surface area contributed by atoms with Gasteiger partial charge in [-0.25, -0.2) is 4.68 Å². The molecule has 1 unspecified atom stereocenters. The number of amides is 1. The number of aromatic nitrogens is 3. The molecule has 1 amide bonds. The lowest BCUT2D eigenvalue weighted by molar-refractivity contribution is -0.133. The summed E-state index contributed by atoms with van der Waals surface area (Å²) in [5.41, 5.74) is 0.910. The van der Waals surface area contributed by atoms with Crippen LogP contribution in [0.15, 0.2) is 6.20 Å². The predicted molar refractivity (Wildman–Crippen MR) is 70.4 cm³/mol. The zero-order valence-corrected chi connectivity index (χ0v) is 11.4. The summed E-state index contributed by atoms with van der Waals surface area (Å²) in [7, 11) is 0. The van der Waals surface area contributed by atoms with Crippen LogP contribution < -0.4 is 5.32 Å². The number of nitrogens with one attached hydrogen (secondary N) is 1. The Morgan fingerprint density at radius 3 is 2.89 bits per heavy atom. The van der Waals surface area contributed by atoms with Crippen molar-refractivity contribution in [1.82, 2.24) is 25.2 Å². The van der Waals surface area contributed by atoms with Crippen LogP contribution in [0.3, 0.4) is 0 Å². The first-order valence-electron chi connectivity index (χ1n) is 7.17. The van der Waals surface area contributed by atoms with E-state index in [1.807, 2.05) is 18.0 Å². The molecule has 1 aromatic rings. The van der Waals surface area contributed by atoms with Crippen LogP contribution in [0.1, 0.15) is 44.3 Å². The molecule has 1 N–H and O–H groups in total. The molecule has 104 valence electrons. The average molecular weight is 263 g/mol. The number of rotatable bonds is 5. The zero-order chi connectivity index (χ0) is 13.2. The Morgan fingerprint density at radius 1 is 1.47 bits per heavy atom. The van der Waals surface area contributed by atoms with E-state index in [1.165, 1.54) is 12.8 Å². The van der Waals surface area contributed by atoms with Crippen molar-refractivity contribution in [2.45, 2.75) is 51.2 Å². The highest BCUT2D eigenvalue weighted by Gasteiger charge is 2.25. The van der Waals surface area contributed by atoms with Crippen LogP contribution >= 0.6 is 0 Å². The molecule has 6 nitrogen and oxygen atoms in total. The standard InChI is InChI=1S/C13H21N5O/c1-10(13(19)17-6-2-3-7-17)18-9-12(15-16-18)8-14-11-4-5-11/h9-11,14H,2-8H2,1H3. The van der Waals surface area contributed by atoms with E-state index in [4.69, 9.17) is 0 Å². The summed E-state index contributed by atoms with van der Waals surface area (Å²) in [6, 6.07) is 0.411. The molecular formula is C13H21N5O. The molecule has 0 aromatic carbocycles. The lowest BCUT2D eigenvalue weighted by Crippen LogP contribution is -2.34. The third-order valence-electron chi connectivity index (χ3n) is 3.88. The number of hydrogen-bond acceptors (Lipinski definition) is 4. The van der Waals surface area contributed by atoms with E-state index in [0.29, 0.717) is 6.04 Å². The van der Waals surface area contributed by atoms with Gasteiger partial charge in [-0.15, -0.1) is 5.10 Å². The van der Waals surface area contributed by atoms with Crippen molar-refractivity contribution in [1.29, 1.82) is 0 Å². The maximum absolute atomic E-state index is 12.3. The maximum Gasteiger partial charge on any atom is 0.247 e. The molecule has 1 saturated carbocycles. The SMILES string of the molecule is CC(C(=O)N1CCCC1)n1cc(CNC2CC2)nn1. The molecule has 1 saturated heterocycles. The van der Waals surface area contributed by atoms with Crippen LogP contribution in [0.25, 0.3) is 0 Å². The van der Waals surface area contributed by atoms with E-state index in [2.05, 4.69) is 15.6 Å². The molecule has 1 aliphatic heterocycles. The Kier molecular flexibility index (Phi) is 3.50.